The molecule has 1 aliphatic carbocycles. The van der Waals surface area contributed by atoms with Crippen molar-refractivity contribution in [2.24, 2.45) is 0 Å². The summed E-state index contributed by atoms with van der Waals surface area (Å²) < 4.78 is 36.3. The van der Waals surface area contributed by atoms with Crippen LogP contribution in [0, 0.1) is 0 Å². The van der Waals surface area contributed by atoms with Gasteiger partial charge in [-0.2, -0.15) is 8.42 Å². The van der Waals surface area contributed by atoms with Crippen LogP contribution in [0.3, 0.4) is 0 Å². The zero-order chi connectivity index (χ0) is 30.0. The van der Waals surface area contributed by atoms with Crippen molar-refractivity contribution in [3.63, 3.8) is 0 Å². The molecule has 11 heteroatoms. The maximum Gasteiger partial charge on any atom is 0.446 e. The van der Waals surface area contributed by atoms with Crippen molar-refractivity contribution < 1.29 is 47.2 Å². The van der Waals surface area contributed by atoms with Crippen LogP contribution in [0.2, 0.25) is 0 Å². The molecule has 214 valence electrons. The highest BCUT2D eigenvalue weighted by molar-refractivity contribution is 7.81. The predicted octanol–water partition coefficient (Wildman–Crippen LogP) is 5.59. The molecule has 41 heavy (non-hydrogen) atoms. The number of aromatic carboxylic acids is 1. The van der Waals surface area contributed by atoms with Crippen LogP contribution in [-0.4, -0.2) is 45.1 Å². The van der Waals surface area contributed by atoms with Gasteiger partial charge in [0.05, 0.1) is 11.1 Å². The molecule has 0 saturated carbocycles. The van der Waals surface area contributed by atoms with Crippen LogP contribution in [0.15, 0.2) is 36.4 Å². The number of benzene rings is 4. The number of rotatable bonds is 7. The van der Waals surface area contributed by atoms with Crippen molar-refractivity contribution in [2.75, 3.05) is 0 Å². The quantitative estimate of drug-likeness (QED) is 0.105. The molecular weight excluding hydrogens is 552 g/mol. The molecule has 0 fully saturated rings. The first-order valence-electron chi connectivity index (χ1n) is 13.0. The van der Waals surface area contributed by atoms with E-state index >= 15 is 0 Å². The summed E-state index contributed by atoms with van der Waals surface area (Å²) in [6, 6.07) is 8.61. The van der Waals surface area contributed by atoms with E-state index in [0.29, 0.717) is 28.3 Å². The Bertz CT molecular complexity index is 1910. The van der Waals surface area contributed by atoms with Crippen molar-refractivity contribution in [2.45, 2.75) is 51.9 Å². The van der Waals surface area contributed by atoms with Gasteiger partial charge in [0.25, 0.3) is 0 Å². The van der Waals surface area contributed by atoms with Crippen molar-refractivity contribution in [3.8, 4) is 23.0 Å². The van der Waals surface area contributed by atoms with Gasteiger partial charge in [0, 0.05) is 22.3 Å². The van der Waals surface area contributed by atoms with Crippen LogP contribution in [0.5, 0.6) is 23.0 Å². The fourth-order valence-electron chi connectivity index (χ4n) is 5.89. The minimum absolute atomic E-state index is 0.0952. The molecule has 0 radical (unpaired) electrons. The molecule has 0 aromatic heterocycles. The van der Waals surface area contributed by atoms with E-state index in [2.05, 4.69) is 4.18 Å². The first-order chi connectivity index (χ1) is 19.2. The topological polar surface area (TPSA) is 179 Å². The number of carbonyl (C=O) groups excluding carboxylic acids is 1. The normalized spacial score (nSPS) is 14.2. The Labute approximate surface area is 235 Å². The molecule has 10 nitrogen and oxygen atoms in total. The summed E-state index contributed by atoms with van der Waals surface area (Å²) in [5, 5.41) is 44.6. The third kappa shape index (κ3) is 4.51. The zero-order valence-corrected chi connectivity index (χ0v) is 23.3. The second-order valence-electron chi connectivity index (χ2n) is 10.8. The van der Waals surface area contributed by atoms with Crippen molar-refractivity contribution in [3.05, 3.63) is 69.8 Å². The molecule has 0 saturated heterocycles. The first kappa shape index (κ1) is 28.2. The van der Waals surface area contributed by atoms with Crippen LogP contribution in [0.1, 0.15) is 83.0 Å². The smallest absolute Gasteiger partial charge is 0.446 e. The Balaban J connectivity index is 1.82. The van der Waals surface area contributed by atoms with Gasteiger partial charge in [0.1, 0.15) is 28.6 Å². The SMILES string of the molecule is CCCCCc1cc2ccc3c(O)c4c(cc3c2c(O)c1C(=O)O)C(C)(C)c1cc(OS(=O)(=O)O)cc(O)c1C4=O. The minimum Gasteiger partial charge on any atom is -0.507 e. The van der Waals surface area contributed by atoms with Crippen molar-refractivity contribution in [1.82, 2.24) is 0 Å². The predicted molar refractivity (Wildman–Crippen MR) is 151 cm³/mol. The zero-order valence-electron chi connectivity index (χ0n) is 22.5. The van der Waals surface area contributed by atoms with E-state index in [4.69, 9.17) is 4.55 Å². The number of fused-ring (bicyclic) bond motifs is 5. The molecule has 5 rings (SSSR count). The highest BCUT2D eigenvalue weighted by atomic mass is 32.3. The van der Waals surface area contributed by atoms with Gasteiger partial charge in [0.2, 0.25) is 5.78 Å². The summed E-state index contributed by atoms with van der Waals surface area (Å²) in [6.07, 6.45) is 3.04. The largest absolute Gasteiger partial charge is 0.507 e. The number of hydrogen-bond acceptors (Lipinski definition) is 8. The molecule has 0 atom stereocenters. The molecule has 0 spiro atoms. The average molecular weight is 581 g/mol. The maximum absolute atomic E-state index is 13.7. The van der Waals surface area contributed by atoms with Crippen LogP contribution >= 0.6 is 0 Å². The van der Waals surface area contributed by atoms with Gasteiger partial charge in [-0.3, -0.25) is 9.35 Å². The van der Waals surface area contributed by atoms with Gasteiger partial charge in [-0.05, 0) is 64.6 Å². The number of aromatic hydroxyl groups is 3. The van der Waals surface area contributed by atoms with Gasteiger partial charge in [-0.25, -0.2) is 4.79 Å². The number of unbranched alkanes of at least 4 members (excludes halogenated alkanes) is 2. The van der Waals surface area contributed by atoms with E-state index in [9.17, 15) is 38.4 Å². The molecule has 5 N–H and O–H groups in total. The standard InChI is InChI=1S/C30H28O10S/c1-4-5-6-7-14-10-15-8-9-17-18(22(15)27(33)23(14)29(35)36)13-20-25(26(17)32)28(34)24-19(30(20,2)3)11-16(12-21(24)31)40-41(37,38)39/h8-13,31-33H,4-7H2,1-3H3,(H,35,36)(H,37,38,39). The van der Waals surface area contributed by atoms with Gasteiger partial charge in [0.15, 0.2) is 0 Å². The lowest BCUT2D eigenvalue weighted by atomic mass is 9.67. The summed E-state index contributed by atoms with van der Waals surface area (Å²) in [6.45, 7) is 5.39. The molecule has 0 aliphatic heterocycles. The maximum atomic E-state index is 13.7. The van der Waals surface area contributed by atoms with Crippen molar-refractivity contribution >= 4 is 43.7 Å². The number of carbonyl (C=O) groups is 2. The number of phenolic OH excluding ortho intramolecular Hbond substituents is 2. The lowest BCUT2D eigenvalue weighted by Crippen LogP contribution is -2.31. The van der Waals surface area contributed by atoms with Gasteiger partial charge in [-0.1, -0.05) is 39.7 Å². The Morgan fingerprint density at radius 2 is 1.61 bits per heavy atom. The Morgan fingerprint density at radius 1 is 0.927 bits per heavy atom. The molecule has 0 heterocycles. The van der Waals surface area contributed by atoms with E-state index < -0.39 is 50.6 Å². The second-order valence-corrected chi connectivity index (χ2v) is 11.8. The molecular formula is C30H28O10S. The number of carboxylic acids is 1. The minimum atomic E-state index is -4.93. The fraction of sp³-hybridized carbons (Fsp3) is 0.267. The molecule has 0 bridgehead atoms. The number of ketones is 1. The Kier molecular flexibility index (Phi) is 6.62. The number of carboxylic acid groups (broad SMARTS) is 1. The lowest BCUT2D eigenvalue weighted by Gasteiger charge is -2.35. The molecule has 0 unspecified atom stereocenters. The highest BCUT2D eigenvalue weighted by Crippen LogP contribution is 2.51. The van der Waals surface area contributed by atoms with E-state index in [1.807, 2.05) is 6.92 Å². The van der Waals surface area contributed by atoms with E-state index in [-0.39, 0.29) is 33.0 Å². The molecule has 4 aromatic rings. The number of aryl methyl sites for hydroxylation is 1. The summed E-state index contributed by atoms with van der Waals surface area (Å²) >= 11 is 0. The number of hydrogen-bond donors (Lipinski definition) is 5. The van der Waals surface area contributed by atoms with Gasteiger partial charge >= 0.3 is 16.4 Å². The van der Waals surface area contributed by atoms with E-state index in [1.54, 1.807) is 38.1 Å². The van der Waals surface area contributed by atoms with E-state index in [0.717, 1.165) is 25.3 Å². The summed E-state index contributed by atoms with van der Waals surface area (Å²) in [7, 11) is -4.93. The van der Waals surface area contributed by atoms with Gasteiger partial charge < -0.3 is 24.6 Å². The Hall–Kier alpha value is -4.35. The van der Waals surface area contributed by atoms with Gasteiger partial charge in [-0.15, -0.1) is 0 Å². The second kappa shape index (κ2) is 9.64. The van der Waals surface area contributed by atoms with Crippen LogP contribution < -0.4 is 4.18 Å². The monoisotopic (exact) mass is 580 g/mol. The first-order valence-corrected chi connectivity index (χ1v) is 14.3. The van der Waals surface area contributed by atoms with E-state index in [1.165, 1.54) is 6.07 Å². The lowest BCUT2D eigenvalue weighted by molar-refractivity contribution is 0.0692. The highest BCUT2D eigenvalue weighted by Gasteiger charge is 2.42. The van der Waals surface area contributed by atoms with Crippen LogP contribution in [-0.2, 0) is 22.2 Å². The summed E-state index contributed by atoms with van der Waals surface area (Å²) in [5.41, 5.74) is -0.691. The number of phenols is 3. The van der Waals surface area contributed by atoms with Crippen LogP contribution in [0.4, 0.5) is 0 Å². The fourth-order valence-corrected chi connectivity index (χ4v) is 6.23. The Morgan fingerprint density at radius 3 is 2.24 bits per heavy atom. The summed E-state index contributed by atoms with van der Waals surface area (Å²) in [5.74, 6) is -3.92. The third-order valence-electron chi connectivity index (χ3n) is 7.81. The molecule has 0 amide bonds. The summed E-state index contributed by atoms with van der Waals surface area (Å²) in [4.78, 5) is 25.9. The third-order valence-corrected chi connectivity index (χ3v) is 8.21. The molecule has 4 aromatic carbocycles. The molecule has 1 aliphatic rings. The van der Waals surface area contributed by atoms with Crippen LogP contribution in [0.25, 0.3) is 21.5 Å². The average Bonchev–Trinajstić information content (AvgIpc) is 2.85. The van der Waals surface area contributed by atoms with Crippen molar-refractivity contribution in [1.29, 1.82) is 0 Å².